The fraction of sp³-hybridized carbons (Fsp3) is 0.222. The normalized spacial score (nSPS) is 14.9. The van der Waals surface area contributed by atoms with Gasteiger partial charge in [0, 0.05) is 23.5 Å². The van der Waals surface area contributed by atoms with Crippen LogP contribution in [-0.4, -0.2) is 14.8 Å². The van der Waals surface area contributed by atoms with Gasteiger partial charge in [0.05, 0.1) is 11.4 Å². The lowest BCUT2D eigenvalue weighted by molar-refractivity contribution is 0.859. The highest BCUT2D eigenvalue weighted by Crippen LogP contribution is 2.31. The van der Waals surface area contributed by atoms with E-state index in [4.69, 9.17) is 5.73 Å². The van der Waals surface area contributed by atoms with E-state index >= 15 is 0 Å². The maximum atomic E-state index is 5.95. The molecule has 4 nitrogen and oxygen atoms in total. The van der Waals surface area contributed by atoms with Crippen LogP contribution in [-0.2, 0) is 0 Å². The number of nitrogen functional groups attached to an aromatic ring is 1. The zero-order chi connectivity index (χ0) is 16.4. The summed E-state index contributed by atoms with van der Waals surface area (Å²) in [5.41, 5.74) is 11.2. The smallest absolute Gasteiger partial charge is 0.132 e. The Balaban J connectivity index is 2.07. The summed E-state index contributed by atoms with van der Waals surface area (Å²) < 4.78 is 1.87. The van der Waals surface area contributed by atoms with Crippen molar-refractivity contribution in [2.75, 3.05) is 5.73 Å². The fourth-order valence-corrected chi connectivity index (χ4v) is 3.26. The molecule has 0 aromatic carbocycles. The first-order valence-electron chi connectivity index (χ1n) is 7.70. The van der Waals surface area contributed by atoms with Gasteiger partial charge in [0.15, 0.2) is 0 Å². The Bertz CT molecular complexity index is 814. The quantitative estimate of drug-likeness (QED) is 0.864. The summed E-state index contributed by atoms with van der Waals surface area (Å²) in [5.74, 6) is 0.469. The molecule has 118 valence electrons. The van der Waals surface area contributed by atoms with Crippen LogP contribution in [0, 0.1) is 6.92 Å². The van der Waals surface area contributed by atoms with E-state index in [2.05, 4.69) is 44.3 Å². The first-order valence-corrected chi connectivity index (χ1v) is 8.28. The van der Waals surface area contributed by atoms with Crippen LogP contribution in [0.25, 0.3) is 17.3 Å². The van der Waals surface area contributed by atoms with Crippen LogP contribution in [0.2, 0.25) is 0 Å². The molecular formula is C18H21N4P. The van der Waals surface area contributed by atoms with Crippen molar-refractivity contribution in [3.8, 4) is 5.69 Å². The van der Waals surface area contributed by atoms with E-state index in [1.807, 2.05) is 17.7 Å². The summed E-state index contributed by atoms with van der Waals surface area (Å²) in [7, 11) is 2.80. The van der Waals surface area contributed by atoms with E-state index in [0.717, 1.165) is 36.2 Å². The topological polar surface area (TPSA) is 56.7 Å². The van der Waals surface area contributed by atoms with Gasteiger partial charge in [-0.1, -0.05) is 24.8 Å². The Morgan fingerprint density at radius 3 is 3.04 bits per heavy atom. The number of anilines is 1. The summed E-state index contributed by atoms with van der Waals surface area (Å²) >= 11 is 0. The van der Waals surface area contributed by atoms with Crippen molar-refractivity contribution in [1.29, 1.82) is 0 Å². The van der Waals surface area contributed by atoms with Crippen molar-refractivity contribution < 1.29 is 0 Å². The number of hydrogen-bond acceptors (Lipinski definition) is 3. The Morgan fingerprint density at radius 2 is 2.26 bits per heavy atom. The maximum absolute atomic E-state index is 5.95. The minimum absolute atomic E-state index is 0.469. The van der Waals surface area contributed by atoms with Crippen LogP contribution >= 0.6 is 9.24 Å². The zero-order valence-electron chi connectivity index (χ0n) is 13.3. The van der Waals surface area contributed by atoms with E-state index < -0.39 is 0 Å². The molecule has 2 heterocycles. The Hall–Kier alpha value is -2.19. The van der Waals surface area contributed by atoms with E-state index in [1.54, 1.807) is 12.3 Å². The zero-order valence-corrected chi connectivity index (χ0v) is 14.4. The molecule has 2 N–H and O–H groups in total. The van der Waals surface area contributed by atoms with Gasteiger partial charge in [-0.05, 0) is 43.1 Å². The van der Waals surface area contributed by atoms with Crippen molar-refractivity contribution in [3.63, 3.8) is 0 Å². The van der Waals surface area contributed by atoms with Crippen molar-refractivity contribution in [2.45, 2.75) is 26.2 Å². The van der Waals surface area contributed by atoms with E-state index in [9.17, 15) is 0 Å². The standard InChI is InChI=1S/C18H21N4P/c1-3-15-17(8-9-20-18(15)19)22-11-16(12(2)21-22)13-6-4-5-7-14(23)10-13/h3,7-11H,1,4-6,23H2,2H3,(H2,19,20). The lowest BCUT2D eigenvalue weighted by Crippen LogP contribution is -2.02. The van der Waals surface area contributed by atoms with Gasteiger partial charge < -0.3 is 5.73 Å². The second kappa shape index (κ2) is 6.51. The average molecular weight is 324 g/mol. The molecule has 0 fully saturated rings. The van der Waals surface area contributed by atoms with Crippen molar-refractivity contribution >= 4 is 26.7 Å². The molecule has 3 rings (SSSR count). The van der Waals surface area contributed by atoms with Gasteiger partial charge in [0.25, 0.3) is 0 Å². The Morgan fingerprint density at radius 1 is 1.43 bits per heavy atom. The number of nitrogens with zero attached hydrogens (tertiary/aromatic N) is 3. The summed E-state index contributed by atoms with van der Waals surface area (Å²) in [5, 5.41) is 5.92. The molecule has 1 atom stereocenters. The van der Waals surface area contributed by atoms with Gasteiger partial charge in [0.2, 0.25) is 0 Å². The molecule has 1 aliphatic carbocycles. The second-order valence-corrected chi connectivity index (χ2v) is 6.34. The Labute approximate surface area is 139 Å². The summed E-state index contributed by atoms with van der Waals surface area (Å²) in [4.78, 5) is 4.12. The van der Waals surface area contributed by atoms with Gasteiger partial charge in [0.1, 0.15) is 5.82 Å². The first kappa shape index (κ1) is 15.7. The monoisotopic (exact) mass is 324 g/mol. The molecule has 1 aliphatic rings. The fourth-order valence-electron chi connectivity index (χ4n) is 2.89. The van der Waals surface area contributed by atoms with Crippen molar-refractivity contribution in [2.24, 2.45) is 0 Å². The van der Waals surface area contributed by atoms with Gasteiger partial charge in [-0.15, -0.1) is 9.24 Å². The Kier molecular flexibility index (Phi) is 4.44. The molecule has 1 unspecified atom stereocenters. The number of aromatic nitrogens is 3. The third kappa shape index (κ3) is 3.13. The van der Waals surface area contributed by atoms with Crippen LogP contribution in [0.15, 0.2) is 42.5 Å². The molecule has 2 aromatic rings. The average Bonchev–Trinajstić information content (AvgIpc) is 2.78. The van der Waals surface area contributed by atoms with Crippen molar-refractivity contribution in [1.82, 2.24) is 14.8 Å². The van der Waals surface area contributed by atoms with Gasteiger partial charge in [-0.2, -0.15) is 5.10 Å². The maximum Gasteiger partial charge on any atom is 0.132 e. The van der Waals surface area contributed by atoms with E-state index in [0.29, 0.717) is 5.82 Å². The number of pyridine rings is 1. The van der Waals surface area contributed by atoms with Crippen LogP contribution in [0.5, 0.6) is 0 Å². The molecule has 0 amide bonds. The summed E-state index contributed by atoms with van der Waals surface area (Å²) in [6.45, 7) is 5.88. The SMILES string of the molecule is C=Cc1c(-n2cc(C3=CC(P)=CCCC3)c(C)n2)ccnc1N. The molecular weight excluding hydrogens is 303 g/mol. The molecule has 0 spiro atoms. The highest BCUT2D eigenvalue weighted by molar-refractivity contribution is 7.23. The highest BCUT2D eigenvalue weighted by atomic mass is 31.0. The van der Waals surface area contributed by atoms with Crippen LogP contribution in [0.4, 0.5) is 5.82 Å². The van der Waals surface area contributed by atoms with Gasteiger partial charge in [-0.25, -0.2) is 9.67 Å². The minimum atomic E-state index is 0.469. The molecule has 2 aromatic heterocycles. The molecule has 0 saturated heterocycles. The molecule has 0 bridgehead atoms. The van der Waals surface area contributed by atoms with E-state index in [-0.39, 0.29) is 0 Å². The number of aryl methyl sites for hydroxylation is 1. The highest BCUT2D eigenvalue weighted by Gasteiger charge is 2.14. The van der Waals surface area contributed by atoms with Crippen LogP contribution in [0.3, 0.4) is 0 Å². The number of nitrogens with two attached hydrogens (primary N) is 1. The number of rotatable bonds is 3. The summed E-state index contributed by atoms with van der Waals surface area (Å²) in [6.07, 6.45) is 13.3. The lowest BCUT2D eigenvalue weighted by atomic mass is 10.0. The predicted octanol–water partition coefficient (Wildman–Crippen LogP) is 4.13. The molecule has 0 saturated carbocycles. The molecule has 0 radical (unpaired) electrons. The minimum Gasteiger partial charge on any atom is -0.383 e. The largest absolute Gasteiger partial charge is 0.383 e. The summed E-state index contributed by atoms with van der Waals surface area (Å²) in [6, 6.07) is 1.91. The third-order valence-electron chi connectivity index (χ3n) is 4.06. The predicted molar refractivity (Wildman–Crippen MR) is 100 cm³/mol. The van der Waals surface area contributed by atoms with Gasteiger partial charge in [-0.3, -0.25) is 0 Å². The molecule has 5 heteroatoms. The van der Waals surface area contributed by atoms with Crippen molar-refractivity contribution in [3.05, 3.63) is 59.3 Å². The second-order valence-electron chi connectivity index (χ2n) is 5.67. The van der Waals surface area contributed by atoms with Crippen LogP contribution in [0.1, 0.15) is 36.1 Å². The van der Waals surface area contributed by atoms with E-state index in [1.165, 1.54) is 16.5 Å². The first-order chi connectivity index (χ1) is 11.1. The number of allylic oxidation sites excluding steroid dienone is 4. The third-order valence-corrected chi connectivity index (χ3v) is 4.47. The number of hydrogen-bond donors (Lipinski definition) is 1. The molecule has 0 aliphatic heterocycles. The molecule has 23 heavy (non-hydrogen) atoms. The van der Waals surface area contributed by atoms with Crippen LogP contribution < -0.4 is 5.73 Å². The van der Waals surface area contributed by atoms with Gasteiger partial charge >= 0.3 is 0 Å². The lowest BCUT2D eigenvalue weighted by Gasteiger charge is -2.07.